The van der Waals surface area contributed by atoms with Gasteiger partial charge in [0.15, 0.2) is 23.0 Å². The fourth-order valence-electron chi connectivity index (χ4n) is 6.75. The van der Waals surface area contributed by atoms with E-state index in [1.807, 2.05) is 0 Å². The van der Waals surface area contributed by atoms with Crippen molar-refractivity contribution in [1.82, 2.24) is 5.32 Å². The predicted octanol–water partition coefficient (Wildman–Crippen LogP) is 7.47. The van der Waals surface area contributed by atoms with Gasteiger partial charge >= 0.3 is 0 Å². The van der Waals surface area contributed by atoms with Gasteiger partial charge in [-0.15, -0.1) is 0 Å². The Kier molecular flexibility index (Phi) is 12.2. The van der Waals surface area contributed by atoms with Gasteiger partial charge in [0.1, 0.15) is 5.75 Å². The second-order valence-corrected chi connectivity index (χ2v) is 12.9. The summed E-state index contributed by atoms with van der Waals surface area (Å²) < 4.78 is 5.91. The number of nitrogens with one attached hydrogen (secondary N) is 1. The number of aryl methyl sites for hydroxylation is 2. The molecular weight excluding hydrogens is 606 g/mol. The molecule has 1 saturated heterocycles. The number of hydrogen-bond donors (Lipinski definition) is 7. The zero-order chi connectivity index (χ0) is 34.0. The number of fused-ring (bicyclic) bond motifs is 1. The molecule has 0 amide bonds. The van der Waals surface area contributed by atoms with E-state index in [4.69, 9.17) is 4.74 Å². The van der Waals surface area contributed by atoms with Crippen LogP contribution in [0.1, 0.15) is 85.3 Å². The van der Waals surface area contributed by atoms with Crippen molar-refractivity contribution in [3.63, 3.8) is 0 Å². The Hall–Kier alpha value is -4.24. The third-order valence-corrected chi connectivity index (χ3v) is 9.46. The number of aliphatic hydroxyl groups excluding tert-OH is 1. The maximum atomic E-state index is 11.3. The summed E-state index contributed by atoms with van der Waals surface area (Å²) in [5.41, 5.74) is 5.59. The molecule has 1 fully saturated rings. The Bertz CT molecular complexity index is 1720. The molecule has 0 radical (unpaired) electrons. The van der Waals surface area contributed by atoms with Crippen LogP contribution in [-0.2, 0) is 30.5 Å². The maximum absolute atomic E-state index is 11.3. The second kappa shape index (κ2) is 16.7. The van der Waals surface area contributed by atoms with Gasteiger partial charge < -0.3 is 40.7 Å². The van der Waals surface area contributed by atoms with Gasteiger partial charge in [-0.3, -0.25) is 0 Å². The highest BCUT2D eigenvalue weighted by Gasteiger charge is 2.23. The van der Waals surface area contributed by atoms with Gasteiger partial charge in [0.05, 0.1) is 11.5 Å². The number of phenolic OH excluding ortho intramolecular Hbond substituents is 5. The SMILES string of the molecule is CCCCCc1cc(CCc2c(O)c(O)c3c(O)cccc3c2C=Cc2ccc(O)c(O)c2)ccc1CN[C@H]1CCO[C@H](CCCO)C1. The predicted molar refractivity (Wildman–Crippen MR) is 191 cm³/mol. The van der Waals surface area contributed by atoms with Crippen LogP contribution in [0.15, 0.2) is 54.6 Å². The van der Waals surface area contributed by atoms with Crippen molar-refractivity contribution in [3.8, 4) is 28.7 Å². The first kappa shape index (κ1) is 35.1. The lowest BCUT2D eigenvalue weighted by Crippen LogP contribution is -2.38. The number of aromatic hydroxyl groups is 5. The average molecular weight is 656 g/mol. The van der Waals surface area contributed by atoms with Crippen LogP contribution in [0.4, 0.5) is 0 Å². The highest BCUT2D eigenvalue weighted by atomic mass is 16.5. The minimum Gasteiger partial charge on any atom is -0.507 e. The van der Waals surface area contributed by atoms with Crippen LogP contribution >= 0.6 is 0 Å². The van der Waals surface area contributed by atoms with Crippen LogP contribution in [-0.4, -0.2) is 56.0 Å². The molecule has 256 valence electrons. The molecule has 4 aromatic carbocycles. The summed E-state index contributed by atoms with van der Waals surface area (Å²) >= 11 is 0. The van der Waals surface area contributed by atoms with Crippen molar-refractivity contribution in [1.29, 1.82) is 0 Å². The van der Waals surface area contributed by atoms with Crippen molar-refractivity contribution in [3.05, 3.63) is 88.0 Å². The molecule has 1 aliphatic rings. The van der Waals surface area contributed by atoms with E-state index in [0.29, 0.717) is 41.0 Å². The number of aliphatic hydroxyl groups is 1. The molecule has 48 heavy (non-hydrogen) atoms. The highest BCUT2D eigenvalue weighted by Crippen LogP contribution is 2.45. The van der Waals surface area contributed by atoms with E-state index < -0.39 is 0 Å². The zero-order valence-electron chi connectivity index (χ0n) is 27.8. The zero-order valence-corrected chi connectivity index (χ0v) is 27.8. The molecule has 0 bridgehead atoms. The van der Waals surface area contributed by atoms with Gasteiger partial charge in [-0.2, -0.15) is 0 Å². The van der Waals surface area contributed by atoms with Crippen molar-refractivity contribution in [2.24, 2.45) is 0 Å². The van der Waals surface area contributed by atoms with Gasteiger partial charge in [-0.05, 0) is 103 Å². The van der Waals surface area contributed by atoms with Crippen molar-refractivity contribution < 1.29 is 35.4 Å². The molecule has 8 nitrogen and oxygen atoms in total. The number of benzene rings is 4. The van der Waals surface area contributed by atoms with Crippen molar-refractivity contribution in [2.45, 2.75) is 89.8 Å². The van der Waals surface area contributed by atoms with Gasteiger partial charge in [0, 0.05) is 31.4 Å². The molecule has 1 heterocycles. The molecule has 4 aromatic rings. The first-order valence-electron chi connectivity index (χ1n) is 17.2. The molecule has 8 heteroatoms. The lowest BCUT2D eigenvalue weighted by atomic mass is 9.90. The molecule has 0 unspecified atom stereocenters. The number of ether oxygens (including phenoxy) is 1. The van der Waals surface area contributed by atoms with Crippen LogP contribution in [0.5, 0.6) is 28.7 Å². The summed E-state index contributed by atoms with van der Waals surface area (Å²) in [6.45, 7) is 3.92. The quantitative estimate of drug-likeness (QED) is 0.0397. The number of hydrogen-bond acceptors (Lipinski definition) is 8. The number of rotatable bonds is 15. The molecule has 0 spiro atoms. The molecular formula is C40H49NO7. The summed E-state index contributed by atoms with van der Waals surface area (Å²) in [6, 6.07) is 16.5. The smallest absolute Gasteiger partial charge is 0.169 e. The number of phenols is 5. The monoisotopic (exact) mass is 655 g/mol. The van der Waals surface area contributed by atoms with E-state index in [0.717, 1.165) is 70.1 Å². The minimum absolute atomic E-state index is 0.133. The molecule has 7 N–H and O–H groups in total. The van der Waals surface area contributed by atoms with Crippen molar-refractivity contribution >= 4 is 22.9 Å². The van der Waals surface area contributed by atoms with E-state index in [-0.39, 0.29) is 46.8 Å². The molecule has 1 aliphatic heterocycles. The average Bonchev–Trinajstić information content (AvgIpc) is 3.09. The second-order valence-electron chi connectivity index (χ2n) is 12.9. The van der Waals surface area contributed by atoms with Gasteiger partial charge in [0.2, 0.25) is 0 Å². The van der Waals surface area contributed by atoms with Crippen LogP contribution in [0.2, 0.25) is 0 Å². The normalized spacial score (nSPS) is 16.6. The van der Waals surface area contributed by atoms with E-state index in [1.165, 1.54) is 29.3 Å². The Labute approximate surface area is 283 Å². The Morgan fingerprint density at radius 2 is 1.67 bits per heavy atom. The first-order valence-corrected chi connectivity index (χ1v) is 17.2. The first-order chi connectivity index (χ1) is 23.3. The minimum atomic E-state index is -0.356. The lowest BCUT2D eigenvalue weighted by Gasteiger charge is -2.30. The van der Waals surface area contributed by atoms with E-state index in [1.54, 1.807) is 30.4 Å². The Balaban J connectivity index is 1.39. The van der Waals surface area contributed by atoms with E-state index in [2.05, 4.69) is 30.4 Å². The van der Waals surface area contributed by atoms with Crippen LogP contribution in [0.3, 0.4) is 0 Å². The van der Waals surface area contributed by atoms with Crippen LogP contribution < -0.4 is 5.32 Å². The number of unbranched alkanes of at least 4 members (excludes halogenated alkanes) is 2. The molecule has 2 atom stereocenters. The van der Waals surface area contributed by atoms with Gasteiger partial charge in [-0.25, -0.2) is 0 Å². The molecule has 0 saturated carbocycles. The molecule has 5 rings (SSSR count). The molecule has 0 aliphatic carbocycles. The van der Waals surface area contributed by atoms with E-state index in [9.17, 15) is 30.6 Å². The highest BCUT2D eigenvalue weighted by molar-refractivity contribution is 6.03. The van der Waals surface area contributed by atoms with Crippen LogP contribution in [0, 0.1) is 0 Å². The third-order valence-electron chi connectivity index (χ3n) is 9.46. The Morgan fingerprint density at radius 1 is 0.812 bits per heavy atom. The lowest BCUT2D eigenvalue weighted by molar-refractivity contribution is -0.00623. The van der Waals surface area contributed by atoms with Gasteiger partial charge in [-0.1, -0.05) is 68.3 Å². The standard InChI is InChI=1S/C40H49NO7/c1-2-3-4-7-28-22-26(11-15-29(28)25-41-30-19-21-48-31(24-30)8-6-20-42)13-17-34-32(16-12-27-14-18-35(43)37(45)23-27)33-9-5-10-36(44)38(33)40(47)39(34)46/h5,9-12,14-16,18,22-23,30-31,41-47H,2-4,6-8,13,17,19-21,24-25H2,1H3/t30-,31+/m0/s1. The summed E-state index contributed by atoms with van der Waals surface area (Å²) in [6.07, 6.45) is 12.8. The fourth-order valence-corrected chi connectivity index (χ4v) is 6.75. The largest absolute Gasteiger partial charge is 0.507 e. The third kappa shape index (κ3) is 8.61. The van der Waals surface area contributed by atoms with Crippen LogP contribution in [0.25, 0.3) is 22.9 Å². The summed E-state index contributed by atoms with van der Waals surface area (Å²) in [5.74, 6) is -1.21. The Morgan fingerprint density at radius 3 is 2.46 bits per heavy atom. The summed E-state index contributed by atoms with van der Waals surface area (Å²) in [7, 11) is 0. The fraction of sp³-hybridized carbons (Fsp3) is 0.400. The maximum Gasteiger partial charge on any atom is 0.169 e. The molecule has 0 aromatic heterocycles. The van der Waals surface area contributed by atoms with Crippen molar-refractivity contribution in [2.75, 3.05) is 13.2 Å². The topological polar surface area (TPSA) is 143 Å². The van der Waals surface area contributed by atoms with Gasteiger partial charge in [0.25, 0.3) is 0 Å². The van der Waals surface area contributed by atoms with E-state index >= 15 is 0 Å². The summed E-state index contributed by atoms with van der Waals surface area (Å²) in [5, 5.41) is 66.3. The summed E-state index contributed by atoms with van der Waals surface area (Å²) in [4.78, 5) is 0.